The normalized spacial score (nSPS) is 10.8. The Bertz CT molecular complexity index is 674. The molecule has 0 amide bonds. The Balaban J connectivity index is 1.82. The van der Waals surface area contributed by atoms with Gasteiger partial charge in [0.2, 0.25) is 0 Å². The van der Waals surface area contributed by atoms with Crippen LogP contribution in [0.1, 0.15) is 11.1 Å². The van der Waals surface area contributed by atoms with Crippen LogP contribution >= 0.6 is 0 Å². The van der Waals surface area contributed by atoms with E-state index >= 15 is 0 Å². The highest BCUT2D eigenvalue weighted by Crippen LogP contribution is 2.23. The van der Waals surface area contributed by atoms with Gasteiger partial charge in [-0.1, -0.05) is 30.3 Å². The second-order valence-electron chi connectivity index (χ2n) is 4.40. The van der Waals surface area contributed by atoms with E-state index in [2.05, 4.69) is 0 Å². The van der Waals surface area contributed by atoms with Crippen LogP contribution in [-0.2, 0) is 13.2 Å². The highest BCUT2D eigenvalue weighted by molar-refractivity contribution is 5.81. The van der Waals surface area contributed by atoms with Crippen LogP contribution in [0.25, 0.3) is 11.0 Å². The maximum atomic E-state index is 5.73. The summed E-state index contributed by atoms with van der Waals surface area (Å²) in [4.78, 5) is 0. The van der Waals surface area contributed by atoms with Crippen LogP contribution in [0.3, 0.4) is 0 Å². The van der Waals surface area contributed by atoms with Crippen molar-refractivity contribution in [1.82, 2.24) is 0 Å². The van der Waals surface area contributed by atoms with E-state index in [-0.39, 0.29) is 0 Å². The summed E-state index contributed by atoms with van der Waals surface area (Å²) in [6.07, 6.45) is 1.74. The Hall–Kier alpha value is -2.26. The lowest BCUT2D eigenvalue weighted by Gasteiger charge is -2.04. The lowest BCUT2D eigenvalue weighted by atomic mass is 10.1. The van der Waals surface area contributed by atoms with Crippen LogP contribution in [-0.4, -0.2) is 0 Å². The lowest BCUT2D eigenvalue weighted by Crippen LogP contribution is -1.96. The summed E-state index contributed by atoms with van der Waals surface area (Å²) in [5.41, 5.74) is 8.58. The Morgan fingerprint density at radius 3 is 2.68 bits per heavy atom. The number of benzene rings is 2. The van der Waals surface area contributed by atoms with E-state index in [0.717, 1.165) is 27.8 Å². The maximum absolute atomic E-state index is 5.73. The highest BCUT2D eigenvalue weighted by Gasteiger charge is 2.07. The number of nitrogens with two attached hydrogens (primary N) is 1. The van der Waals surface area contributed by atoms with Gasteiger partial charge in [-0.25, -0.2) is 0 Å². The summed E-state index contributed by atoms with van der Waals surface area (Å²) >= 11 is 0. The van der Waals surface area contributed by atoms with Crippen molar-refractivity contribution in [2.24, 2.45) is 5.73 Å². The molecule has 0 unspecified atom stereocenters. The first-order chi connectivity index (χ1) is 9.36. The van der Waals surface area contributed by atoms with E-state index in [4.69, 9.17) is 14.9 Å². The molecule has 3 heteroatoms. The van der Waals surface area contributed by atoms with Gasteiger partial charge in [-0.2, -0.15) is 0 Å². The fourth-order valence-electron chi connectivity index (χ4n) is 2.04. The third-order valence-corrected chi connectivity index (χ3v) is 3.09. The monoisotopic (exact) mass is 253 g/mol. The number of furan rings is 1. The second kappa shape index (κ2) is 5.16. The first-order valence-corrected chi connectivity index (χ1v) is 6.24. The van der Waals surface area contributed by atoms with E-state index in [1.165, 1.54) is 0 Å². The summed E-state index contributed by atoms with van der Waals surface area (Å²) in [5.74, 6) is 0.857. The van der Waals surface area contributed by atoms with Crippen LogP contribution in [0, 0.1) is 0 Å². The molecule has 0 spiro atoms. The summed E-state index contributed by atoms with van der Waals surface area (Å²) in [7, 11) is 0. The minimum Gasteiger partial charge on any atom is -0.489 e. The van der Waals surface area contributed by atoms with Crippen LogP contribution in [0.5, 0.6) is 5.75 Å². The molecule has 2 N–H and O–H groups in total. The first kappa shape index (κ1) is 11.8. The molecule has 3 rings (SSSR count). The topological polar surface area (TPSA) is 48.4 Å². The Morgan fingerprint density at radius 1 is 1.05 bits per heavy atom. The molecule has 0 saturated carbocycles. The van der Waals surface area contributed by atoms with E-state index in [0.29, 0.717) is 13.2 Å². The molecule has 1 heterocycles. The van der Waals surface area contributed by atoms with Crippen LogP contribution in [0.2, 0.25) is 0 Å². The fraction of sp³-hybridized carbons (Fsp3) is 0.125. The van der Waals surface area contributed by atoms with Crippen molar-refractivity contribution in [3.63, 3.8) is 0 Å². The summed E-state index contributed by atoms with van der Waals surface area (Å²) in [6, 6.07) is 15.8. The summed E-state index contributed by atoms with van der Waals surface area (Å²) < 4.78 is 11.3. The molecule has 3 aromatic rings. The van der Waals surface area contributed by atoms with Crippen molar-refractivity contribution >= 4 is 11.0 Å². The third-order valence-electron chi connectivity index (χ3n) is 3.09. The molecule has 0 atom stereocenters. The highest BCUT2D eigenvalue weighted by atomic mass is 16.5. The molecule has 3 nitrogen and oxygen atoms in total. The maximum Gasteiger partial charge on any atom is 0.134 e. The molecule has 96 valence electrons. The van der Waals surface area contributed by atoms with Crippen molar-refractivity contribution in [2.45, 2.75) is 13.2 Å². The van der Waals surface area contributed by atoms with Gasteiger partial charge in [0, 0.05) is 17.5 Å². The molecular weight excluding hydrogens is 238 g/mol. The van der Waals surface area contributed by atoms with Gasteiger partial charge < -0.3 is 14.9 Å². The van der Waals surface area contributed by atoms with E-state index in [1.54, 1.807) is 6.26 Å². The lowest BCUT2D eigenvalue weighted by molar-refractivity contribution is 0.306. The number of hydrogen-bond acceptors (Lipinski definition) is 3. The summed E-state index contributed by atoms with van der Waals surface area (Å²) in [6.45, 7) is 1.02. The van der Waals surface area contributed by atoms with Crippen LogP contribution in [0.4, 0.5) is 0 Å². The fourth-order valence-corrected chi connectivity index (χ4v) is 2.04. The molecule has 0 fully saturated rings. The zero-order chi connectivity index (χ0) is 13.1. The minimum atomic E-state index is 0.499. The predicted octanol–water partition coefficient (Wildman–Crippen LogP) is 3.47. The molecular formula is C16H15NO2. The Labute approximate surface area is 111 Å². The molecule has 0 aliphatic carbocycles. The van der Waals surface area contributed by atoms with Crippen LogP contribution in [0.15, 0.2) is 59.2 Å². The van der Waals surface area contributed by atoms with Gasteiger partial charge in [-0.05, 0) is 23.8 Å². The average molecular weight is 253 g/mol. The largest absolute Gasteiger partial charge is 0.489 e. The molecule has 0 radical (unpaired) electrons. The smallest absolute Gasteiger partial charge is 0.134 e. The zero-order valence-corrected chi connectivity index (χ0v) is 10.5. The minimum absolute atomic E-state index is 0.499. The molecule has 1 aromatic heterocycles. The second-order valence-corrected chi connectivity index (χ2v) is 4.40. The third kappa shape index (κ3) is 2.46. The van der Waals surface area contributed by atoms with E-state index < -0.39 is 0 Å². The molecule has 0 saturated heterocycles. The van der Waals surface area contributed by atoms with Gasteiger partial charge >= 0.3 is 0 Å². The van der Waals surface area contributed by atoms with Crippen molar-refractivity contribution in [1.29, 1.82) is 0 Å². The van der Waals surface area contributed by atoms with Crippen LogP contribution < -0.4 is 10.5 Å². The number of fused-ring (bicyclic) bond motifs is 1. The van der Waals surface area contributed by atoms with Gasteiger partial charge in [-0.3, -0.25) is 0 Å². The van der Waals surface area contributed by atoms with Crippen molar-refractivity contribution < 1.29 is 9.15 Å². The number of ether oxygens (including phenoxy) is 1. The van der Waals surface area contributed by atoms with Crippen molar-refractivity contribution in [2.75, 3.05) is 0 Å². The number of para-hydroxylation sites is 1. The van der Waals surface area contributed by atoms with Gasteiger partial charge in [0.05, 0.1) is 6.26 Å². The predicted molar refractivity (Wildman–Crippen MR) is 74.9 cm³/mol. The van der Waals surface area contributed by atoms with Gasteiger partial charge in [0.15, 0.2) is 0 Å². The number of rotatable bonds is 4. The SMILES string of the molecule is NCc1ccc2c(COc3ccccc3)coc2c1. The standard InChI is InChI=1S/C16H15NO2/c17-9-12-6-7-15-13(11-19-16(15)8-12)10-18-14-4-2-1-3-5-14/h1-8,11H,9-10,17H2. The van der Waals surface area contributed by atoms with E-state index in [1.807, 2.05) is 48.5 Å². The molecule has 2 aromatic carbocycles. The average Bonchev–Trinajstić information content (AvgIpc) is 2.88. The molecule has 19 heavy (non-hydrogen) atoms. The van der Waals surface area contributed by atoms with E-state index in [9.17, 15) is 0 Å². The molecule has 0 aliphatic heterocycles. The van der Waals surface area contributed by atoms with Gasteiger partial charge in [0.25, 0.3) is 0 Å². The van der Waals surface area contributed by atoms with Gasteiger partial charge in [0.1, 0.15) is 17.9 Å². The Kier molecular flexibility index (Phi) is 3.21. The molecule has 0 aliphatic rings. The number of hydrogen-bond donors (Lipinski definition) is 1. The molecule has 0 bridgehead atoms. The first-order valence-electron chi connectivity index (χ1n) is 6.24. The van der Waals surface area contributed by atoms with Crippen molar-refractivity contribution in [3.8, 4) is 5.75 Å². The van der Waals surface area contributed by atoms with Gasteiger partial charge in [-0.15, -0.1) is 0 Å². The van der Waals surface area contributed by atoms with Crippen molar-refractivity contribution in [3.05, 3.63) is 65.9 Å². The zero-order valence-electron chi connectivity index (χ0n) is 10.5. The Morgan fingerprint density at radius 2 is 1.89 bits per heavy atom. The quantitative estimate of drug-likeness (QED) is 0.774. The summed E-state index contributed by atoms with van der Waals surface area (Å²) in [5, 5.41) is 1.08.